The highest BCUT2D eigenvalue weighted by Gasteiger charge is 2.40. The lowest BCUT2D eigenvalue weighted by Crippen LogP contribution is -2.46. The van der Waals surface area contributed by atoms with Gasteiger partial charge in [0, 0.05) is 17.6 Å². The van der Waals surface area contributed by atoms with Crippen LogP contribution in [0.2, 0.25) is 0 Å². The molecule has 1 aliphatic carbocycles. The van der Waals surface area contributed by atoms with Crippen LogP contribution in [0.15, 0.2) is 27.6 Å². The van der Waals surface area contributed by atoms with Crippen molar-refractivity contribution in [1.29, 1.82) is 0 Å². The molecule has 1 aliphatic heterocycles. The van der Waals surface area contributed by atoms with Crippen molar-refractivity contribution in [2.45, 2.75) is 75.9 Å². The molecule has 2 aliphatic rings. The molecule has 1 saturated heterocycles. The van der Waals surface area contributed by atoms with Gasteiger partial charge in [0.15, 0.2) is 0 Å². The minimum Gasteiger partial charge on any atom is -0.489 e. The number of benzene rings is 1. The highest BCUT2D eigenvalue weighted by Crippen LogP contribution is 2.46. The van der Waals surface area contributed by atoms with Gasteiger partial charge in [-0.25, -0.2) is 4.79 Å². The number of piperidine rings is 1. The molecular formula is C22H32BrNO3S. The summed E-state index contributed by atoms with van der Waals surface area (Å²) in [6.45, 7) is 7.38. The van der Waals surface area contributed by atoms with Crippen LogP contribution >= 0.6 is 27.7 Å². The zero-order valence-electron chi connectivity index (χ0n) is 17.4. The van der Waals surface area contributed by atoms with Crippen molar-refractivity contribution in [1.82, 2.24) is 4.90 Å². The van der Waals surface area contributed by atoms with E-state index in [-0.39, 0.29) is 6.09 Å². The monoisotopic (exact) mass is 469 g/mol. The molecule has 0 atom stereocenters. The highest BCUT2D eigenvalue weighted by molar-refractivity contribution is 9.10. The predicted octanol–water partition coefficient (Wildman–Crippen LogP) is 6.51. The zero-order chi connectivity index (χ0) is 20.4. The SMILES string of the molecule is CSc1cc(Br)ccc1OC1CCC2(CC1)CCN(C(=O)OC(C)(C)C)CC2. The van der Waals surface area contributed by atoms with Gasteiger partial charge in [0.05, 0.1) is 11.0 Å². The van der Waals surface area contributed by atoms with Gasteiger partial charge in [0.1, 0.15) is 11.4 Å². The predicted molar refractivity (Wildman–Crippen MR) is 118 cm³/mol. The second-order valence-electron chi connectivity index (χ2n) is 9.08. The normalized spacial score (nSPS) is 20.2. The number of likely N-dealkylation sites (tertiary alicyclic amines) is 1. The van der Waals surface area contributed by atoms with Gasteiger partial charge < -0.3 is 14.4 Å². The molecule has 3 rings (SSSR count). The van der Waals surface area contributed by atoms with E-state index in [0.717, 1.165) is 49.0 Å². The third kappa shape index (κ3) is 5.59. The molecule has 0 N–H and O–H groups in total. The number of carbonyl (C=O) groups excluding carboxylic acids is 1. The fraction of sp³-hybridized carbons (Fsp3) is 0.682. The van der Waals surface area contributed by atoms with E-state index in [4.69, 9.17) is 9.47 Å². The van der Waals surface area contributed by atoms with Crippen molar-refractivity contribution >= 4 is 33.8 Å². The van der Waals surface area contributed by atoms with Crippen molar-refractivity contribution in [3.05, 3.63) is 22.7 Å². The van der Waals surface area contributed by atoms with E-state index >= 15 is 0 Å². The Morgan fingerprint density at radius 3 is 2.39 bits per heavy atom. The lowest BCUT2D eigenvalue weighted by Gasteiger charge is -2.45. The van der Waals surface area contributed by atoms with Crippen molar-refractivity contribution < 1.29 is 14.3 Å². The number of amides is 1. The van der Waals surface area contributed by atoms with E-state index in [2.05, 4.69) is 34.3 Å². The van der Waals surface area contributed by atoms with E-state index in [9.17, 15) is 4.79 Å². The Morgan fingerprint density at radius 2 is 1.82 bits per heavy atom. The minimum atomic E-state index is -0.426. The van der Waals surface area contributed by atoms with Gasteiger partial charge >= 0.3 is 6.09 Å². The Hall–Kier alpha value is -0.880. The molecule has 1 aromatic rings. The molecule has 1 heterocycles. The molecule has 156 valence electrons. The summed E-state index contributed by atoms with van der Waals surface area (Å²) >= 11 is 5.26. The lowest BCUT2D eigenvalue weighted by atomic mass is 9.67. The number of halogens is 1. The molecular weight excluding hydrogens is 438 g/mol. The third-order valence-corrected chi connectivity index (χ3v) is 7.14. The first kappa shape index (κ1) is 21.8. The molecule has 28 heavy (non-hydrogen) atoms. The zero-order valence-corrected chi connectivity index (χ0v) is 19.8. The van der Waals surface area contributed by atoms with E-state index in [1.54, 1.807) is 11.8 Å². The van der Waals surface area contributed by atoms with Crippen LogP contribution < -0.4 is 4.74 Å². The number of carbonyl (C=O) groups is 1. The molecule has 1 spiro atoms. The average Bonchev–Trinajstić information content (AvgIpc) is 2.64. The first-order valence-electron chi connectivity index (χ1n) is 10.2. The van der Waals surface area contributed by atoms with E-state index in [1.165, 1.54) is 17.7 Å². The maximum Gasteiger partial charge on any atom is 0.410 e. The minimum absolute atomic E-state index is 0.167. The van der Waals surface area contributed by atoms with Crippen LogP contribution in [0.3, 0.4) is 0 Å². The van der Waals surface area contributed by atoms with E-state index in [1.807, 2.05) is 31.7 Å². The van der Waals surface area contributed by atoms with Crippen LogP contribution in [0, 0.1) is 5.41 Å². The highest BCUT2D eigenvalue weighted by atomic mass is 79.9. The van der Waals surface area contributed by atoms with Crippen molar-refractivity contribution in [2.75, 3.05) is 19.3 Å². The van der Waals surface area contributed by atoms with Gasteiger partial charge in [0.25, 0.3) is 0 Å². The van der Waals surface area contributed by atoms with E-state index in [0.29, 0.717) is 11.5 Å². The molecule has 1 saturated carbocycles. The maximum atomic E-state index is 12.3. The van der Waals surface area contributed by atoms with Gasteiger partial charge in [-0.15, -0.1) is 11.8 Å². The van der Waals surface area contributed by atoms with Crippen LogP contribution in [0.5, 0.6) is 5.75 Å². The molecule has 2 fully saturated rings. The van der Waals surface area contributed by atoms with Crippen LogP contribution in [0.1, 0.15) is 59.3 Å². The van der Waals surface area contributed by atoms with Crippen molar-refractivity contribution in [3.63, 3.8) is 0 Å². The number of thioether (sulfide) groups is 1. The summed E-state index contributed by atoms with van der Waals surface area (Å²) in [6, 6.07) is 6.24. The molecule has 1 amide bonds. The average molecular weight is 470 g/mol. The number of hydrogen-bond donors (Lipinski definition) is 0. The van der Waals surface area contributed by atoms with Crippen LogP contribution in [-0.4, -0.2) is 42.0 Å². The third-order valence-electron chi connectivity index (χ3n) is 5.89. The molecule has 4 nitrogen and oxygen atoms in total. The smallest absolute Gasteiger partial charge is 0.410 e. The molecule has 0 bridgehead atoms. The second-order valence-corrected chi connectivity index (χ2v) is 10.8. The van der Waals surface area contributed by atoms with Gasteiger partial charge in [-0.1, -0.05) is 15.9 Å². The molecule has 0 aromatic heterocycles. The summed E-state index contributed by atoms with van der Waals surface area (Å²) in [6.07, 6.45) is 8.92. The van der Waals surface area contributed by atoms with E-state index < -0.39 is 5.60 Å². The Bertz CT molecular complexity index is 686. The number of hydrogen-bond acceptors (Lipinski definition) is 4. The second kappa shape index (κ2) is 8.86. The molecule has 6 heteroatoms. The van der Waals surface area contributed by atoms with Crippen LogP contribution in [-0.2, 0) is 4.74 Å². The fourth-order valence-electron chi connectivity index (χ4n) is 4.23. The van der Waals surface area contributed by atoms with Gasteiger partial charge in [-0.3, -0.25) is 0 Å². The number of rotatable bonds is 3. The largest absolute Gasteiger partial charge is 0.489 e. The molecule has 1 aromatic carbocycles. The Morgan fingerprint density at radius 1 is 1.18 bits per heavy atom. The molecule has 0 radical (unpaired) electrons. The quantitative estimate of drug-likeness (QED) is 0.472. The standard InChI is InChI=1S/C22H32BrNO3S/c1-21(2,3)27-20(25)24-13-11-22(12-14-24)9-7-17(8-10-22)26-18-6-5-16(23)15-19(18)28-4/h5-6,15,17H,7-14H2,1-4H3. The summed E-state index contributed by atoms with van der Waals surface area (Å²) in [4.78, 5) is 15.4. The fourth-order valence-corrected chi connectivity index (χ4v) is 5.30. The summed E-state index contributed by atoms with van der Waals surface area (Å²) in [5.41, 5.74) is -0.0509. The Labute approximate surface area is 181 Å². The first-order valence-corrected chi connectivity index (χ1v) is 12.2. The summed E-state index contributed by atoms with van der Waals surface area (Å²) in [5.74, 6) is 0.997. The Kier molecular flexibility index (Phi) is 6.91. The van der Waals surface area contributed by atoms with Crippen LogP contribution in [0.4, 0.5) is 4.79 Å². The lowest BCUT2D eigenvalue weighted by molar-refractivity contribution is -0.00488. The van der Waals surface area contributed by atoms with Gasteiger partial charge in [0.2, 0.25) is 0 Å². The molecule has 0 unspecified atom stereocenters. The summed E-state index contributed by atoms with van der Waals surface area (Å²) < 4.78 is 13.0. The Balaban J connectivity index is 1.50. The topological polar surface area (TPSA) is 38.8 Å². The van der Waals surface area contributed by atoms with Gasteiger partial charge in [-0.05, 0) is 89.2 Å². The maximum absolute atomic E-state index is 12.3. The van der Waals surface area contributed by atoms with Crippen molar-refractivity contribution in [2.24, 2.45) is 5.41 Å². The number of nitrogens with zero attached hydrogens (tertiary/aromatic N) is 1. The summed E-state index contributed by atoms with van der Waals surface area (Å²) in [5, 5.41) is 0. The van der Waals surface area contributed by atoms with Crippen molar-refractivity contribution in [3.8, 4) is 5.75 Å². The van der Waals surface area contributed by atoms with Crippen LogP contribution in [0.25, 0.3) is 0 Å². The summed E-state index contributed by atoms with van der Waals surface area (Å²) in [7, 11) is 0. The van der Waals surface area contributed by atoms with Gasteiger partial charge in [-0.2, -0.15) is 0 Å². The number of ether oxygens (including phenoxy) is 2. The first-order chi connectivity index (χ1) is 13.2.